The van der Waals surface area contributed by atoms with Gasteiger partial charge in [-0.2, -0.15) is 4.31 Å². The highest BCUT2D eigenvalue weighted by atomic mass is 32.2. The summed E-state index contributed by atoms with van der Waals surface area (Å²) in [6.45, 7) is 1.98. The van der Waals surface area contributed by atoms with Gasteiger partial charge in [0.05, 0.1) is 25.4 Å². The van der Waals surface area contributed by atoms with Crippen LogP contribution in [0.1, 0.15) is 41.4 Å². The molecule has 0 spiro atoms. The number of rotatable bonds is 7. The molecule has 0 aliphatic carbocycles. The van der Waals surface area contributed by atoms with Crippen molar-refractivity contribution in [3.8, 4) is 0 Å². The molecule has 1 aromatic carbocycles. The summed E-state index contributed by atoms with van der Waals surface area (Å²) in [6, 6.07) is 12.1. The quantitative estimate of drug-likeness (QED) is 0.543. The Labute approximate surface area is 183 Å². The molecule has 1 N–H and O–H groups in total. The van der Waals surface area contributed by atoms with Crippen LogP contribution in [0.3, 0.4) is 0 Å². The van der Waals surface area contributed by atoms with Crippen molar-refractivity contribution >= 4 is 21.6 Å². The average molecular weight is 464 g/mol. The van der Waals surface area contributed by atoms with E-state index in [2.05, 4.69) is 10.5 Å². The number of nitrogens with one attached hydrogen (secondary N) is 1. The Morgan fingerprint density at radius 3 is 2.53 bits per heavy atom. The van der Waals surface area contributed by atoms with Crippen molar-refractivity contribution in [1.29, 1.82) is 0 Å². The standard InChI is InChI=1S/C21H22F2N4O4S/c1-14(2)18-20(32(29,30)26-12-21(22,23)13-26)27-9-8-16(10-17(27)24-18)19(28)25-31-11-15-6-4-3-5-7-15/h3-10,14H,11-13H2,1-2H3,(H,25,28). The number of halogens is 2. The van der Waals surface area contributed by atoms with Crippen LogP contribution in [0.5, 0.6) is 0 Å². The van der Waals surface area contributed by atoms with Gasteiger partial charge >= 0.3 is 0 Å². The lowest BCUT2D eigenvalue weighted by Gasteiger charge is -2.37. The van der Waals surface area contributed by atoms with Gasteiger partial charge in [0.25, 0.3) is 21.9 Å². The largest absolute Gasteiger partial charge is 0.289 e. The van der Waals surface area contributed by atoms with Gasteiger partial charge in [0.2, 0.25) is 0 Å². The molecule has 1 fully saturated rings. The Bertz CT molecular complexity index is 1250. The first-order chi connectivity index (χ1) is 15.1. The summed E-state index contributed by atoms with van der Waals surface area (Å²) in [5.74, 6) is -3.84. The zero-order chi connectivity index (χ0) is 23.1. The van der Waals surface area contributed by atoms with E-state index >= 15 is 0 Å². The van der Waals surface area contributed by atoms with E-state index in [9.17, 15) is 22.0 Å². The van der Waals surface area contributed by atoms with Crippen LogP contribution in [0.2, 0.25) is 0 Å². The minimum absolute atomic E-state index is 0.162. The number of amides is 1. The van der Waals surface area contributed by atoms with E-state index in [1.165, 1.54) is 22.7 Å². The monoisotopic (exact) mass is 464 g/mol. The summed E-state index contributed by atoms with van der Waals surface area (Å²) in [6.07, 6.45) is 1.39. The van der Waals surface area contributed by atoms with E-state index in [-0.39, 0.29) is 34.5 Å². The third kappa shape index (κ3) is 4.23. The first-order valence-corrected chi connectivity index (χ1v) is 11.4. The van der Waals surface area contributed by atoms with E-state index < -0.39 is 34.9 Å². The van der Waals surface area contributed by atoms with Crippen molar-refractivity contribution in [2.75, 3.05) is 13.1 Å². The normalized spacial score (nSPS) is 16.3. The fourth-order valence-electron chi connectivity index (χ4n) is 3.39. The fraction of sp³-hybridized carbons (Fsp3) is 0.333. The second-order valence-corrected chi connectivity index (χ2v) is 9.79. The molecule has 3 aromatic rings. The zero-order valence-corrected chi connectivity index (χ0v) is 18.3. The van der Waals surface area contributed by atoms with Gasteiger partial charge in [-0.15, -0.1) is 0 Å². The van der Waals surface area contributed by atoms with Gasteiger partial charge in [-0.1, -0.05) is 44.2 Å². The van der Waals surface area contributed by atoms with E-state index in [0.717, 1.165) is 9.87 Å². The number of aromatic nitrogens is 2. The molecule has 1 amide bonds. The molecule has 1 aliphatic heterocycles. The molecule has 32 heavy (non-hydrogen) atoms. The number of carbonyl (C=O) groups is 1. The summed E-state index contributed by atoms with van der Waals surface area (Å²) in [7, 11) is -4.18. The van der Waals surface area contributed by atoms with Crippen molar-refractivity contribution in [2.45, 2.75) is 37.3 Å². The molecule has 11 heteroatoms. The summed E-state index contributed by atoms with van der Waals surface area (Å²) in [5, 5.41) is -0.162. The third-order valence-corrected chi connectivity index (χ3v) is 6.90. The SMILES string of the molecule is CC(C)c1nc2cc(C(=O)NOCc3ccccc3)ccn2c1S(=O)(=O)N1CC(F)(F)C1. The highest BCUT2D eigenvalue weighted by molar-refractivity contribution is 7.89. The second kappa shape index (κ2) is 8.23. The molecule has 2 aromatic heterocycles. The van der Waals surface area contributed by atoms with Gasteiger partial charge < -0.3 is 0 Å². The summed E-state index contributed by atoms with van der Waals surface area (Å²) in [5.41, 5.74) is 3.90. The molecule has 170 valence electrons. The number of imidazole rings is 1. The minimum atomic E-state index is -4.18. The van der Waals surface area contributed by atoms with Gasteiger partial charge in [0.15, 0.2) is 5.03 Å². The van der Waals surface area contributed by atoms with Crippen LogP contribution in [0, 0.1) is 0 Å². The van der Waals surface area contributed by atoms with Crippen molar-refractivity contribution in [3.05, 3.63) is 65.5 Å². The molecule has 0 bridgehead atoms. The van der Waals surface area contributed by atoms with Crippen molar-refractivity contribution in [1.82, 2.24) is 19.2 Å². The van der Waals surface area contributed by atoms with Crippen LogP contribution in [0.4, 0.5) is 8.78 Å². The predicted molar refractivity (Wildman–Crippen MR) is 112 cm³/mol. The van der Waals surface area contributed by atoms with E-state index in [1.807, 2.05) is 30.3 Å². The van der Waals surface area contributed by atoms with Crippen LogP contribution in [0.15, 0.2) is 53.7 Å². The molecule has 1 saturated heterocycles. The van der Waals surface area contributed by atoms with Gasteiger partial charge in [0.1, 0.15) is 5.65 Å². The Morgan fingerprint density at radius 2 is 1.91 bits per heavy atom. The summed E-state index contributed by atoms with van der Waals surface area (Å²) < 4.78 is 54.7. The van der Waals surface area contributed by atoms with Gasteiger partial charge in [-0.3, -0.25) is 14.0 Å². The highest BCUT2D eigenvalue weighted by Gasteiger charge is 2.51. The maximum Gasteiger partial charge on any atom is 0.275 e. The lowest BCUT2D eigenvalue weighted by Crippen LogP contribution is -2.58. The number of hydrogen-bond acceptors (Lipinski definition) is 5. The zero-order valence-electron chi connectivity index (χ0n) is 17.5. The Morgan fingerprint density at radius 1 is 1.22 bits per heavy atom. The van der Waals surface area contributed by atoms with Crippen molar-refractivity contribution in [2.24, 2.45) is 0 Å². The molecular weight excluding hydrogens is 442 g/mol. The molecule has 0 saturated carbocycles. The summed E-state index contributed by atoms with van der Waals surface area (Å²) >= 11 is 0. The molecule has 1 aliphatic rings. The Kier molecular flexibility index (Phi) is 5.74. The molecule has 4 rings (SSSR count). The van der Waals surface area contributed by atoms with E-state index in [1.54, 1.807) is 13.8 Å². The molecular formula is C21H22F2N4O4S. The van der Waals surface area contributed by atoms with Crippen LogP contribution in [0.25, 0.3) is 5.65 Å². The number of pyridine rings is 1. The number of alkyl halides is 2. The number of hydroxylamine groups is 1. The van der Waals surface area contributed by atoms with Crippen molar-refractivity contribution in [3.63, 3.8) is 0 Å². The average Bonchev–Trinajstić information content (AvgIpc) is 3.12. The Balaban J connectivity index is 1.59. The molecule has 0 unspecified atom stereocenters. The first kappa shape index (κ1) is 22.3. The number of fused-ring (bicyclic) bond motifs is 1. The number of hydrogen-bond donors (Lipinski definition) is 1. The van der Waals surface area contributed by atoms with Gasteiger partial charge in [-0.05, 0) is 23.6 Å². The number of nitrogens with zero attached hydrogens (tertiary/aromatic N) is 3. The Hall–Kier alpha value is -2.89. The summed E-state index contributed by atoms with van der Waals surface area (Å²) in [4.78, 5) is 22.1. The molecule has 0 radical (unpaired) electrons. The van der Waals surface area contributed by atoms with Crippen LogP contribution in [-0.2, 0) is 21.5 Å². The van der Waals surface area contributed by atoms with E-state index in [0.29, 0.717) is 0 Å². The molecule has 8 nitrogen and oxygen atoms in total. The fourth-order valence-corrected chi connectivity index (χ4v) is 5.31. The van der Waals surface area contributed by atoms with Gasteiger partial charge in [0, 0.05) is 11.8 Å². The third-order valence-electron chi connectivity index (χ3n) is 5.06. The lowest BCUT2D eigenvalue weighted by molar-refractivity contribution is -0.0946. The lowest BCUT2D eigenvalue weighted by atomic mass is 10.2. The highest BCUT2D eigenvalue weighted by Crippen LogP contribution is 2.35. The first-order valence-electron chi connectivity index (χ1n) is 9.94. The van der Waals surface area contributed by atoms with Gasteiger partial charge in [-0.25, -0.2) is 27.7 Å². The maximum atomic E-state index is 13.3. The van der Waals surface area contributed by atoms with Crippen molar-refractivity contribution < 1.29 is 26.8 Å². The van der Waals surface area contributed by atoms with Crippen LogP contribution < -0.4 is 5.48 Å². The topological polar surface area (TPSA) is 93.0 Å². The maximum absolute atomic E-state index is 13.3. The van der Waals surface area contributed by atoms with Crippen LogP contribution >= 0.6 is 0 Å². The number of benzene rings is 1. The molecule has 0 atom stereocenters. The second-order valence-electron chi connectivity index (χ2n) is 7.94. The predicted octanol–water partition coefficient (Wildman–Crippen LogP) is 2.96. The smallest absolute Gasteiger partial charge is 0.275 e. The van der Waals surface area contributed by atoms with E-state index in [4.69, 9.17) is 4.84 Å². The van der Waals surface area contributed by atoms with Crippen LogP contribution in [-0.4, -0.2) is 47.0 Å². The minimum Gasteiger partial charge on any atom is -0.289 e. The number of carbonyl (C=O) groups excluding carboxylic acids is 1. The number of sulfonamides is 1. The molecule has 3 heterocycles.